The summed E-state index contributed by atoms with van der Waals surface area (Å²) in [4.78, 5) is 0.138. The summed E-state index contributed by atoms with van der Waals surface area (Å²) in [5, 5.41) is 8.51. The molecule has 0 amide bonds. The Hall–Kier alpha value is -1.11. The van der Waals surface area contributed by atoms with Crippen LogP contribution in [0.3, 0.4) is 0 Å². The highest BCUT2D eigenvalue weighted by Gasteiger charge is 2.21. The Morgan fingerprint density at radius 3 is 2.65 bits per heavy atom. The summed E-state index contributed by atoms with van der Waals surface area (Å²) in [6.45, 7) is 2.93. The van der Waals surface area contributed by atoms with Gasteiger partial charge in [0.25, 0.3) is 0 Å². The molecule has 2 atom stereocenters. The molecule has 5 nitrogen and oxygen atoms in total. The summed E-state index contributed by atoms with van der Waals surface area (Å²) < 4.78 is 28.1. The molecule has 3 N–H and O–H groups in total. The first-order valence-corrected chi connectivity index (χ1v) is 8.54. The topological polar surface area (TPSA) is 81.4 Å². The summed E-state index contributed by atoms with van der Waals surface area (Å²) in [5.74, 6) is 0. The van der Waals surface area contributed by atoms with E-state index in [1.54, 1.807) is 12.1 Å². The maximum absolute atomic E-state index is 11.2. The van der Waals surface area contributed by atoms with Crippen molar-refractivity contribution in [3.63, 3.8) is 0 Å². The second-order valence-corrected chi connectivity index (χ2v) is 6.78. The van der Waals surface area contributed by atoms with Crippen LogP contribution in [0.5, 0.6) is 0 Å². The van der Waals surface area contributed by atoms with E-state index in [1.807, 2.05) is 0 Å². The number of hydrogen-bond donors (Lipinski definition) is 2. The highest BCUT2D eigenvalue weighted by Crippen LogP contribution is 2.22. The molecule has 1 fully saturated rings. The molecular weight excluding hydrogens is 276 g/mol. The van der Waals surface area contributed by atoms with Crippen LogP contribution in [0.25, 0.3) is 0 Å². The minimum Gasteiger partial charge on any atom is -0.382 e. The van der Waals surface area contributed by atoms with Gasteiger partial charge in [-0.2, -0.15) is 0 Å². The molecule has 0 spiro atoms. The molecule has 1 aliphatic rings. The van der Waals surface area contributed by atoms with Crippen LogP contribution in [-0.4, -0.2) is 27.2 Å². The second-order valence-electron chi connectivity index (χ2n) is 5.22. The van der Waals surface area contributed by atoms with Gasteiger partial charge in [0.05, 0.1) is 11.0 Å². The van der Waals surface area contributed by atoms with E-state index in [-0.39, 0.29) is 4.90 Å². The second kappa shape index (κ2) is 6.56. The molecule has 0 aliphatic carbocycles. The molecule has 1 heterocycles. The average molecular weight is 298 g/mol. The zero-order chi connectivity index (χ0) is 14.6. The van der Waals surface area contributed by atoms with Crippen molar-refractivity contribution in [2.45, 2.75) is 49.6 Å². The molecule has 2 unspecified atom stereocenters. The number of ether oxygens (including phenoxy) is 1. The number of rotatable bonds is 5. The highest BCUT2D eigenvalue weighted by atomic mass is 32.2. The fourth-order valence-corrected chi connectivity index (χ4v) is 3.03. The fraction of sp³-hybridized carbons (Fsp3) is 0.571. The van der Waals surface area contributed by atoms with Crippen LogP contribution < -0.4 is 10.5 Å². The molecule has 112 valence electrons. The normalized spacial score (nSPS) is 23.5. The van der Waals surface area contributed by atoms with E-state index < -0.39 is 10.0 Å². The number of anilines is 1. The fourth-order valence-electron chi connectivity index (χ4n) is 2.51. The van der Waals surface area contributed by atoms with E-state index in [4.69, 9.17) is 9.88 Å². The predicted octanol–water partition coefficient (Wildman–Crippen LogP) is 2.09. The Bertz CT molecular complexity index is 526. The van der Waals surface area contributed by atoms with Crippen molar-refractivity contribution in [2.24, 2.45) is 5.14 Å². The van der Waals surface area contributed by atoms with Gasteiger partial charge in [0.2, 0.25) is 10.0 Å². The summed E-state index contributed by atoms with van der Waals surface area (Å²) in [7, 11) is -3.62. The van der Waals surface area contributed by atoms with Gasteiger partial charge in [0, 0.05) is 18.3 Å². The van der Waals surface area contributed by atoms with Gasteiger partial charge in [-0.15, -0.1) is 0 Å². The monoisotopic (exact) mass is 298 g/mol. The Morgan fingerprint density at radius 1 is 1.35 bits per heavy atom. The number of hydrogen-bond acceptors (Lipinski definition) is 4. The Balaban J connectivity index is 1.96. The first-order chi connectivity index (χ1) is 9.49. The van der Waals surface area contributed by atoms with Crippen LogP contribution >= 0.6 is 0 Å². The minimum absolute atomic E-state index is 0.138. The quantitative estimate of drug-likeness (QED) is 0.872. The molecule has 1 aliphatic heterocycles. The van der Waals surface area contributed by atoms with Crippen LogP contribution in [0.1, 0.15) is 32.6 Å². The zero-order valence-electron chi connectivity index (χ0n) is 11.7. The number of benzene rings is 1. The third kappa shape index (κ3) is 4.19. The van der Waals surface area contributed by atoms with E-state index >= 15 is 0 Å². The lowest BCUT2D eigenvalue weighted by atomic mass is 10.00. The van der Waals surface area contributed by atoms with E-state index in [1.165, 1.54) is 12.1 Å². The number of nitrogens with two attached hydrogens (primary N) is 1. The van der Waals surface area contributed by atoms with Gasteiger partial charge >= 0.3 is 0 Å². The molecule has 20 heavy (non-hydrogen) atoms. The van der Waals surface area contributed by atoms with Crippen molar-refractivity contribution in [2.75, 3.05) is 11.9 Å². The SMILES string of the molecule is CCCC1CC(Nc2ccc(S(N)(=O)=O)cc2)CCO1. The molecule has 0 bridgehead atoms. The first-order valence-electron chi connectivity index (χ1n) is 7.00. The predicted molar refractivity (Wildman–Crippen MR) is 79.1 cm³/mol. The van der Waals surface area contributed by atoms with E-state index in [2.05, 4.69) is 12.2 Å². The molecule has 1 aromatic carbocycles. The smallest absolute Gasteiger partial charge is 0.238 e. The van der Waals surface area contributed by atoms with Gasteiger partial charge in [-0.1, -0.05) is 13.3 Å². The first kappa shape index (κ1) is 15.3. The molecule has 0 saturated carbocycles. The summed E-state index contributed by atoms with van der Waals surface area (Å²) >= 11 is 0. The van der Waals surface area contributed by atoms with Gasteiger partial charge < -0.3 is 10.1 Å². The Morgan fingerprint density at radius 2 is 2.05 bits per heavy atom. The van der Waals surface area contributed by atoms with Crippen LogP contribution in [-0.2, 0) is 14.8 Å². The third-order valence-corrected chi connectivity index (χ3v) is 4.46. The van der Waals surface area contributed by atoms with Crippen LogP contribution in [0.2, 0.25) is 0 Å². The van der Waals surface area contributed by atoms with Crippen LogP contribution in [0.4, 0.5) is 5.69 Å². The van der Waals surface area contributed by atoms with Crippen LogP contribution in [0, 0.1) is 0 Å². The molecule has 2 rings (SSSR count). The van der Waals surface area contributed by atoms with Crippen molar-refractivity contribution in [1.29, 1.82) is 0 Å². The molecule has 0 radical (unpaired) electrons. The number of primary sulfonamides is 1. The summed E-state index contributed by atoms with van der Waals surface area (Å²) in [6, 6.07) is 6.94. The number of sulfonamides is 1. The van der Waals surface area contributed by atoms with E-state index in [0.717, 1.165) is 38.0 Å². The van der Waals surface area contributed by atoms with Crippen molar-refractivity contribution < 1.29 is 13.2 Å². The molecule has 6 heteroatoms. The largest absolute Gasteiger partial charge is 0.382 e. The lowest BCUT2D eigenvalue weighted by Gasteiger charge is -2.30. The van der Waals surface area contributed by atoms with Gasteiger partial charge in [-0.3, -0.25) is 0 Å². The van der Waals surface area contributed by atoms with Crippen molar-refractivity contribution >= 4 is 15.7 Å². The Labute approximate surface area is 120 Å². The van der Waals surface area contributed by atoms with Crippen molar-refractivity contribution in [3.8, 4) is 0 Å². The molecular formula is C14H22N2O3S. The van der Waals surface area contributed by atoms with Crippen LogP contribution in [0.15, 0.2) is 29.2 Å². The minimum atomic E-state index is -3.62. The van der Waals surface area contributed by atoms with Gasteiger partial charge in [0.1, 0.15) is 0 Å². The van der Waals surface area contributed by atoms with Crippen molar-refractivity contribution in [3.05, 3.63) is 24.3 Å². The summed E-state index contributed by atoms with van der Waals surface area (Å²) in [6.07, 6.45) is 4.50. The van der Waals surface area contributed by atoms with E-state index in [9.17, 15) is 8.42 Å². The third-order valence-electron chi connectivity index (χ3n) is 3.53. The van der Waals surface area contributed by atoms with Gasteiger partial charge in [-0.25, -0.2) is 13.6 Å². The summed E-state index contributed by atoms with van der Waals surface area (Å²) in [5.41, 5.74) is 0.916. The average Bonchev–Trinajstić information content (AvgIpc) is 2.39. The van der Waals surface area contributed by atoms with E-state index in [0.29, 0.717) is 12.1 Å². The zero-order valence-corrected chi connectivity index (χ0v) is 12.5. The Kier molecular flexibility index (Phi) is 5.01. The highest BCUT2D eigenvalue weighted by molar-refractivity contribution is 7.89. The standard InChI is InChI=1S/C14H22N2O3S/c1-2-3-13-10-12(8-9-19-13)16-11-4-6-14(7-5-11)20(15,17)18/h4-7,12-13,16H,2-3,8-10H2,1H3,(H2,15,17,18). The molecule has 0 aromatic heterocycles. The van der Waals surface area contributed by atoms with Gasteiger partial charge in [-0.05, 0) is 43.5 Å². The lowest BCUT2D eigenvalue weighted by molar-refractivity contribution is 0.00598. The lowest BCUT2D eigenvalue weighted by Crippen LogP contribution is -2.33. The molecule has 1 saturated heterocycles. The maximum Gasteiger partial charge on any atom is 0.238 e. The maximum atomic E-state index is 11.2. The molecule has 1 aromatic rings. The van der Waals surface area contributed by atoms with Gasteiger partial charge in [0.15, 0.2) is 0 Å². The number of nitrogens with one attached hydrogen (secondary N) is 1. The van der Waals surface area contributed by atoms with Crippen molar-refractivity contribution in [1.82, 2.24) is 0 Å².